The van der Waals surface area contributed by atoms with Crippen molar-refractivity contribution in [1.82, 2.24) is 4.90 Å². The molecule has 0 amide bonds. The Morgan fingerprint density at radius 1 is 1.44 bits per heavy atom. The highest BCUT2D eigenvalue weighted by molar-refractivity contribution is 14.0. The number of rotatable bonds is 5. The van der Waals surface area contributed by atoms with E-state index >= 15 is 0 Å². The normalized spacial score (nSPS) is 11.0. The van der Waals surface area contributed by atoms with Crippen LogP contribution in [0.3, 0.4) is 0 Å². The van der Waals surface area contributed by atoms with Gasteiger partial charge in [0, 0.05) is 19.6 Å². The van der Waals surface area contributed by atoms with Crippen molar-refractivity contribution >= 4 is 41.3 Å². The van der Waals surface area contributed by atoms with Gasteiger partial charge in [-0.2, -0.15) is 11.3 Å². The van der Waals surface area contributed by atoms with Gasteiger partial charge < -0.3 is 10.6 Å². The molecule has 0 aliphatic heterocycles. The Balaban J connectivity index is 0.00000225. The molecule has 0 aromatic carbocycles. The third kappa shape index (κ3) is 5.16. The summed E-state index contributed by atoms with van der Waals surface area (Å²) in [7, 11) is 0. The van der Waals surface area contributed by atoms with Gasteiger partial charge in [-0.3, -0.25) is 4.99 Å². The molecule has 0 atom stereocenters. The summed E-state index contributed by atoms with van der Waals surface area (Å²) in [6.45, 7) is 6.79. The predicted molar refractivity (Wildman–Crippen MR) is 82.8 cm³/mol. The minimum atomic E-state index is 0. The molecule has 5 heteroatoms. The lowest BCUT2D eigenvalue weighted by Crippen LogP contribution is -2.37. The molecule has 0 radical (unpaired) electrons. The molecule has 1 heterocycles. The van der Waals surface area contributed by atoms with E-state index in [9.17, 15) is 0 Å². The van der Waals surface area contributed by atoms with Crippen LogP contribution in [0.15, 0.2) is 21.8 Å². The fraction of sp³-hybridized carbons (Fsp3) is 0.545. The third-order valence-corrected chi connectivity index (χ3v) is 3.07. The zero-order valence-electron chi connectivity index (χ0n) is 9.85. The summed E-state index contributed by atoms with van der Waals surface area (Å²) in [5.74, 6) is 0.662. The predicted octanol–water partition coefficient (Wildman–Crippen LogP) is 2.57. The van der Waals surface area contributed by atoms with Gasteiger partial charge in [0.25, 0.3) is 0 Å². The smallest absolute Gasteiger partial charge is 0.191 e. The van der Waals surface area contributed by atoms with Crippen LogP contribution in [0.2, 0.25) is 0 Å². The lowest BCUT2D eigenvalue weighted by Gasteiger charge is -2.19. The molecule has 1 aromatic heterocycles. The van der Waals surface area contributed by atoms with Gasteiger partial charge in [-0.1, -0.05) is 0 Å². The Morgan fingerprint density at radius 3 is 2.62 bits per heavy atom. The van der Waals surface area contributed by atoms with Gasteiger partial charge in [0.05, 0.1) is 0 Å². The van der Waals surface area contributed by atoms with Crippen LogP contribution >= 0.6 is 35.3 Å². The zero-order valence-corrected chi connectivity index (χ0v) is 13.0. The molecule has 0 spiro atoms. The van der Waals surface area contributed by atoms with E-state index in [1.54, 1.807) is 11.3 Å². The van der Waals surface area contributed by atoms with Crippen molar-refractivity contribution in [2.45, 2.75) is 20.3 Å². The number of nitrogens with zero attached hydrogens (tertiary/aromatic N) is 2. The molecule has 0 aliphatic carbocycles. The summed E-state index contributed by atoms with van der Waals surface area (Å²) in [6, 6.07) is 2.13. The molecule has 0 aliphatic rings. The second-order valence-electron chi connectivity index (χ2n) is 3.29. The van der Waals surface area contributed by atoms with Crippen LogP contribution in [0.5, 0.6) is 0 Å². The summed E-state index contributed by atoms with van der Waals surface area (Å²) < 4.78 is 0. The van der Waals surface area contributed by atoms with Crippen LogP contribution < -0.4 is 5.73 Å². The molecule has 0 unspecified atom stereocenters. The molecule has 0 fully saturated rings. The van der Waals surface area contributed by atoms with Crippen molar-refractivity contribution in [3.8, 4) is 0 Å². The van der Waals surface area contributed by atoms with Crippen molar-refractivity contribution in [2.75, 3.05) is 19.6 Å². The molecule has 0 saturated carbocycles. The zero-order chi connectivity index (χ0) is 11.1. The van der Waals surface area contributed by atoms with E-state index in [1.165, 1.54) is 5.56 Å². The third-order valence-electron chi connectivity index (χ3n) is 2.34. The highest BCUT2D eigenvalue weighted by Gasteiger charge is 2.01. The van der Waals surface area contributed by atoms with Crippen LogP contribution in [-0.2, 0) is 6.42 Å². The number of hydrogen-bond acceptors (Lipinski definition) is 2. The largest absolute Gasteiger partial charge is 0.370 e. The van der Waals surface area contributed by atoms with E-state index in [0.29, 0.717) is 5.96 Å². The molecule has 92 valence electrons. The summed E-state index contributed by atoms with van der Waals surface area (Å²) >= 11 is 1.72. The van der Waals surface area contributed by atoms with Gasteiger partial charge in [0.1, 0.15) is 0 Å². The Bertz CT molecular complexity index is 294. The number of guanidine groups is 1. The number of hydrogen-bond donors (Lipinski definition) is 1. The average Bonchev–Trinajstić information content (AvgIpc) is 2.72. The Labute approximate surface area is 119 Å². The molecule has 1 rings (SSSR count). The first kappa shape index (κ1) is 15.7. The van der Waals surface area contributed by atoms with E-state index in [1.807, 2.05) is 0 Å². The van der Waals surface area contributed by atoms with E-state index in [2.05, 4.69) is 40.6 Å². The average molecular weight is 353 g/mol. The minimum absolute atomic E-state index is 0. The van der Waals surface area contributed by atoms with Gasteiger partial charge in [-0.15, -0.1) is 24.0 Å². The van der Waals surface area contributed by atoms with Gasteiger partial charge in [-0.05, 0) is 42.7 Å². The van der Waals surface area contributed by atoms with Crippen LogP contribution in [-0.4, -0.2) is 30.5 Å². The Morgan fingerprint density at radius 2 is 2.12 bits per heavy atom. The maximum absolute atomic E-state index is 5.86. The van der Waals surface area contributed by atoms with Gasteiger partial charge >= 0.3 is 0 Å². The van der Waals surface area contributed by atoms with Crippen molar-refractivity contribution in [1.29, 1.82) is 0 Å². The number of nitrogens with two attached hydrogens (primary N) is 1. The maximum Gasteiger partial charge on any atom is 0.191 e. The molecule has 3 nitrogen and oxygen atoms in total. The van der Waals surface area contributed by atoms with Crippen molar-refractivity contribution < 1.29 is 0 Å². The van der Waals surface area contributed by atoms with Gasteiger partial charge in [-0.25, -0.2) is 0 Å². The van der Waals surface area contributed by atoms with Crippen LogP contribution in [0.1, 0.15) is 19.4 Å². The summed E-state index contributed by atoms with van der Waals surface area (Å²) in [6.07, 6.45) is 0.978. The summed E-state index contributed by atoms with van der Waals surface area (Å²) in [5, 5.41) is 4.25. The first-order chi connectivity index (χ1) is 7.27. The lowest BCUT2D eigenvalue weighted by atomic mass is 10.2. The molecular weight excluding hydrogens is 333 g/mol. The first-order valence-electron chi connectivity index (χ1n) is 5.33. The molecule has 1 aromatic rings. The van der Waals surface area contributed by atoms with Crippen molar-refractivity contribution in [3.05, 3.63) is 22.4 Å². The van der Waals surface area contributed by atoms with E-state index in [0.717, 1.165) is 26.1 Å². The first-order valence-corrected chi connectivity index (χ1v) is 6.28. The fourth-order valence-corrected chi connectivity index (χ4v) is 2.09. The Kier molecular flexibility index (Phi) is 8.64. The van der Waals surface area contributed by atoms with Crippen molar-refractivity contribution in [2.24, 2.45) is 10.7 Å². The molecular formula is C11H20IN3S. The van der Waals surface area contributed by atoms with E-state index < -0.39 is 0 Å². The molecule has 16 heavy (non-hydrogen) atoms. The lowest BCUT2D eigenvalue weighted by molar-refractivity contribution is 0.458. The molecule has 0 bridgehead atoms. The standard InChI is InChI=1S/C11H19N3S.HI/c1-3-14(4-2)11(12)13-7-5-10-6-8-15-9-10;/h6,8-9H,3-5,7H2,1-2H3,(H2,12,13);1H. The number of aliphatic imine (C=N–C) groups is 1. The second-order valence-corrected chi connectivity index (χ2v) is 4.07. The van der Waals surface area contributed by atoms with Crippen molar-refractivity contribution in [3.63, 3.8) is 0 Å². The molecule has 2 N–H and O–H groups in total. The second kappa shape index (κ2) is 8.81. The SMILES string of the molecule is CCN(CC)C(N)=NCCc1ccsc1.I. The summed E-state index contributed by atoms with van der Waals surface area (Å²) in [4.78, 5) is 6.43. The van der Waals surface area contributed by atoms with Crippen LogP contribution in [0.25, 0.3) is 0 Å². The highest BCUT2D eigenvalue weighted by atomic mass is 127. The highest BCUT2D eigenvalue weighted by Crippen LogP contribution is 2.06. The van der Waals surface area contributed by atoms with E-state index in [4.69, 9.17) is 5.73 Å². The monoisotopic (exact) mass is 353 g/mol. The minimum Gasteiger partial charge on any atom is -0.370 e. The molecule has 0 saturated heterocycles. The van der Waals surface area contributed by atoms with E-state index in [-0.39, 0.29) is 24.0 Å². The Hall–Kier alpha value is -0.300. The van der Waals surface area contributed by atoms with Crippen LogP contribution in [0.4, 0.5) is 0 Å². The quantitative estimate of drug-likeness (QED) is 0.502. The van der Waals surface area contributed by atoms with Gasteiger partial charge in [0.2, 0.25) is 0 Å². The van der Waals surface area contributed by atoms with Crippen LogP contribution in [0, 0.1) is 0 Å². The van der Waals surface area contributed by atoms with Gasteiger partial charge in [0.15, 0.2) is 5.96 Å². The summed E-state index contributed by atoms with van der Waals surface area (Å²) in [5.41, 5.74) is 7.20. The number of thiophene rings is 1. The fourth-order valence-electron chi connectivity index (χ4n) is 1.38. The topological polar surface area (TPSA) is 41.6 Å². The number of halogens is 1. The maximum atomic E-state index is 5.86.